The highest BCUT2D eigenvalue weighted by Crippen LogP contribution is 2.55. The van der Waals surface area contributed by atoms with Gasteiger partial charge in [-0.25, -0.2) is 39.5 Å². The minimum atomic E-state index is -1.58. The summed E-state index contributed by atoms with van der Waals surface area (Å²) in [6, 6.07) is 38.9. The molecule has 0 bridgehead atoms. The predicted octanol–water partition coefficient (Wildman–Crippen LogP) is 10.5. The van der Waals surface area contributed by atoms with E-state index in [0.717, 1.165) is 89.6 Å². The minimum absolute atomic E-state index is 0.230. The van der Waals surface area contributed by atoms with Crippen LogP contribution in [0.4, 0.5) is 11.4 Å². The van der Waals surface area contributed by atoms with Crippen molar-refractivity contribution >= 4 is 75.0 Å². The summed E-state index contributed by atoms with van der Waals surface area (Å²) in [5.41, 5.74) is 19.7. The molecule has 376 valence electrons. The summed E-state index contributed by atoms with van der Waals surface area (Å²) in [7, 11) is 2.00. The molecule has 14 nitrogen and oxygen atoms in total. The molecule has 4 aliphatic heterocycles. The Morgan fingerprint density at radius 1 is 0.622 bits per heavy atom. The van der Waals surface area contributed by atoms with Crippen molar-refractivity contribution in [1.29, 1.82) is 0 Å². The lowest BCUT2D eigenvalue weighted by Crippen LogP contribution is -2.49. The average molecular weight is 1090 g/mol. The van der Waals surface area contributed by atoms with E-state index >= 15 is 0 Å². The van der Waals surface area contributed by atoms with Gasteiger partial charge in [0, 0.05) is 54.3 Å². The zero-order valence-corrected chi connectivity index (χ0v) is 43.8. The van der Waals surface area contributed by atoms with Gasteiger partial charge >= 0.3 is 7.12 Å². The molecule has 4 unspecified atom stereocenters. The quantitative estimate of drug-likeness (QED) is 0.0967. The largest absolute Gasteiger partial charge is 0.487 e. The number of hydrogen-bond donors (Lipinski definition) is 4. The fourth-order valence-corrected chi connectivity index (χ4v) is 12.0. The first kappa shape index (κ1) is 50.9. The Morgan fingerprint density at radius 2 is 1.11 bits per heavy atom. The van der Waals surface area contributed by atoms with E-state index in [9.17, 15) is 0 Å². The van der Waals surface area contributed by atoms with Crippen molar-refractivity contribution in [3.63, 3.8) is 0 Å². The van der Waals surface area contributed by atoms with Crippen LogP contribution in [0.3, 0.4) is 0 Å². The maximum atomic E-state index is 8.76. The molecule has 6 N–H and O–H groups in total. The van der Waals surface area contributed by atoms with Crippen LogP contribution in [0.15, 0.2) is 136 Å². The van der Waals surface area contributed by atoms with Gasteiger partial charge in [0.15, 0.2) is 11.4 Å². The van der Waals surface area contributed by atoms with Gasteiger partial charge in [0.1, 0.15) is 22.7 Å². The van der Waals surface area contributed by atoms with Crippen molar-refractivity contribution in [2.75, 3.05) is 14.1 Å². The zero-order valence-electron chi connectivity index (χ0n) is 40.7. The molecule has 6 aromatic rings. The van der Waals surface area contributed by atoms with E-state index in [4.69, 9.17) is 87.0 Å². The van der Waals surface area contributed by atoms with Crippen molar-refractivity contribution in [1.82, 2.24) is 10.1 Å². The Kier molecular flexibility index (Phi) is 13.9. The molecule has 18 heteroatoms. The van der Waals surface area contributed by atoms with Crippen molar-refractivity contribution in [2.45, 2.75) is 86.9 Å². The fraction of sp³-hybridized carbons (Fsp3) is 0.286. The Balaban J connectivity index is 0.000000142. The third-order valence-corrected chi connectivity index (χ3v) is 15.4. The minimum Gasteiger partial charge on any atom is -0.486 e. The number of benzene rings is 6. The monoisotopic (exact) mass is 1090 g/mol. The first-order valence-corrected chi connectivity index (χ1v) is 25.8. The summed E-state index contributed by atoms with van der Waals surface area (Å²) in [4.78, 5) is 29.0. The average Bonchev–Trinajstić information content (AvgIpc) is 3.64. The van der Waals surface area contributed by atoms with Gasteiger partial charge < -0.3 is 31.0 Å². The van der Waals surface area contributed by atoms with Crippen LogP contribution in [0.25, 0.3) is 20.8 Å². The van der Waals surface area contributed by atoms with Gasteiger partial charge in [0.05, 0.1) is 24.3 Å². The van der Waals surface area contributed by atoms with Gasteiger partial charge in [-0.15, -0.1) is 0 Å². The summed E-state index contributed by atoms with van der Waals surface area (Å²) >= 11 is 15.5. The van der Waals surface area contributed by atoms with E-state index < -0.39 is 24.2 Å². The third kappa shape index (κ3) is 10.2. The summed E-state index contributed by atoms with van der Waals surface area (Å²) in [5.74, 6) is 2.31. The standard InChI is InChI=1S/C28H25ClN4O2.C21H22BrN3O2.C7H5BClNO2/c1-31-23-13-21(12-22(29)15-23)19-9-10-25-24(14-19)28(32-26(30)33(2)35-28)17-27(34-25)11-5-8-18-6-3-4-7-20(18)16-27;1-25-19(23)24-21(27-25)13-20(26-18-9-8-16(22)11-17(18)21)10-4-7-14-5-2-3-6-15(14)12-20;1-10-7-3-5(8(11)12)2-6(9)4-7/h3-4,6-7,9-10,12-15H,5,8,11,16-17H2,2H3,(H2,30,32);2-3,5-6,8-9,11H,4,7,10,12-13H2,1H3,(H2,23,24);2-4,11-12H. The Labute approximate surface area is 449 Å². The van der Waals surface area contributed by atoms with Crippen LogP contribution in [-0.2, 0) is 46.8 Å². The normalized spacial score (nSPS) is 23.9. The van der Waals surface area contributed by atoms with Crippen molar-refractivity contribution in [2.24, 2.45) is 21.5 Å². The number of halogens is 3. The van der Waals surface area contributed by atoms with Crippen LogP contribution in [0.5, 0.6) is 11.5 Å². The summed E-state index contributed by atoms with van der Waals surface area (Å²) < 4.78 is 14.5. The molecule has 4 atom stereocenters. The van der Waals surface area contributed by atoms with Gasteiger partial charge in [-0.05, 0) is 138 Å². The van der Waals surface area contributed by atoms with Gasteiger partial charge in [0.2, 0.25) is 23.4 Å². The molecular formula is C56H52BBrCl2N8O6. The van der Waals surface area contributed by atoms with Crippen molar-refractivity contribution in [3.8, 4) is 22.6 Å². The topological polar surface area (TPSA) is 169 Å². The van der Waals surface area contributed by atoms with Gasteiger partial charge in [0.25, 0.3) is 0 Å². The Bertz CT molecular complexity index is 3330. The zero-order chi connectivity index (χ0) is 52.0. The first-order chi connectivity index (χ1) is 35.5. The van der Waals surface area contributed by atoms with E-state index in [0.29, 0.717) is 46.2 Å². The number of ether oxygens (including phenoxy) is 2. The number of aryl methyl sites for hydroxylation is 2. The van der Waals surface area contributed by atoms with Gasteiger partial charge in [-0.1, -0.05) is 99.8 Å². The molecule has 12 rings (SSSR count). The van der Waals surface area contributed by atoms with E-state index in [-0.39, 0.29) is 11.1 Å². The van der Waals surface area contributed by atoms with Crippen LogP contribution in [0.1, 0.15) is 71.9 Å². The number of aliphatic imine (C=N–C) groups is 2. The second-order valence-electron chi connectivity index (χ2n) is 19.6. The maximum Gasteiger partial charge on any atom is 0.487 e. The van der Waals surface area contributed by atoms with Crippen LogP contribution >= 0.6 is 39.1 Å². The number of nitrogens with zero attached hydrogens (tertiary/aromatic N) is 6. The van der Waals surface area contributed by atoms with Crippen molar-refractivity contribution in [3.05, 3.63) is 192 Å². The lowest BCUT2D eigenvalue weighted by molar-refractivity contribution is -0.205. The van der Waals surface area contributed by atoms with E-state index in [1.807, 2.05) is 48.5 Å². The summed E-state index contributed by atoms with van der Waals surface area (Å²) in [6.07, 6.45) is 8.91. The lowest BCUT2D eigenvalue weighted by Gasteiger charge is -2.45. The molecule has 0 aromatic heterocycles. The second kappa shape index (κ2) is 20.3. The van der Waals surface area contributed by atoms with Gasteiger partial charge in [-0.2, -0.15) is 0 Å². The highest BCUT2D eigenvalue weighted by atomic mass is 79.9. The number of nitrogens with two attached hydrogens (primary N) is 2. The van der Waals surface area contributed by atoms with Crippen LogP contribution in [0.2, 0.25) is 10.0 Å². The maximum absolute atomic E-state index is 8.76. The van der Waals surface area contributed by atoms with E-state index in [1.165, 1.54) is 45.5 Å². The van der Waals surface area contributed by atoms with Crippen LogP contribution in [-0.4, -0.2) is 64.5 Å². The molecule has 0 saturated heterocycles. The molecule has 4 heterocycles. The fourth-order valence-electron chi connectivity index (χ4n) is 11.2. The number of guanidine groups is 2. The first-order valence-electron chi connectivity index (χ1n) is 24.3. The molecule has 0 fully saturated rings. The molecule has 6 aromatic carbocycles. The number of hydroxylamine groups is 4. The molecule has 0 radical (unpaired) electrons. The van der Waals surface area contributed by atoms with E-state index in [1.54, 1.807) is 25.2 Å². The Morgan fingerprint density at radius 3 is 1.61 bits per heavy atom. The second-order valence-corrected chi connectivity index (χ2v) is 21.4. The van der Waals surface area contributed by atoms with Crippen LogP contribution < -0.4 is 26.4 Å². The van der Waals surface area contributed by atoms with Crippen molar-refractivity contribution < 1.29 is 29.2 Å². The molecule has 0 amide bonds. The number of hydrogen-bond acceptors (Lipinski definition) is 12. The molecule has 2 aliphatic carbocycles. The Hall–Kier alpha value is -6.60. The third-order valence-electron chi connectivity index (χ3n) is 14.4. The van der Waals surface area contributed by atoms with E-state index in [2.05, 4.69) is 74.2 Å². The number of rotatable bonds is 2. The molecular weight excluding hydrogens is 1040 g/mol. The highest BCUT2D eigenvalue weighted by Gasteiger charge is 2.56. The SMILES string of the molecule is CN1OC2(CC3(CCCc4ccccc4C3)Oc3ccc(Br)cc32)N=C1N.[C-]#[N+]c1cc(Cl)cc(-c2ccc3c(c2)C2(CC4(CCCc5ccccc5C4)O3)N=C(N)N(C)O2)c1.[C-]#[N+]c1cc(Cl)cc(B(O)O)c1. The summed E-state index contributed by atoms with van der Waals surface area (Å²) in [6.45, 7) is 14.1. The van der Waals surface area contributed by atoms with Crippen LogP contribution in [0, 0.1) is 13.1 Å². The number of fused-ring (bicyclic) bond motifs is 6. The van der Waals surface area contributed by atoms with Gasteiger partial charge in [-0.3, -0.25) is 0 Å². The molecule has 4 spiro atoms. The highest BCUT2D eigenvalue weighted by molar-refractivity contribution is 9.10. The molecule has 6 aliphatic rings. The lowest BCUT2D eigenvalue weighted by atomic mass is 9.78. The predicted molar refractivity (Wildman–Crippen MR) is 291 cm³/mol. The molecule has 0 saturated carbocycles. The smallest absolute Gasteiger partial charge is 0.486 e. The molecule has 74 heavy (non-hydrogen) atoms. The summed E-state index contributed by atoms with van der Waals surface area (Å²) in [5, 5.41) is 21.5.